The third-order valence-electron chi connectivity index (χ3n) is 4.21. The first-order valence-electron chi connectivity index (χ1n) is 9.08. The van der Waals surface area contributed by atoms with Gasteiger partial charge in [0.15, 0.2) is 4.47 Å². The average molecular weight is 427 g/mol. The zero-order valence-corrected chi connectivity index (χ0v) is 17.7. The Hall–Kier alpha value is -2.06. The molecule has 1 aliphatic heterocycles. The number of ether oxygens (including phenoxy) is 1. The zero-order chi connectivity index (χ0) is 20.3. The van der Waals surface area contributed by atoms with Crippen LogP contribution in [0, 0.1) is 5.82 Å². The molecule has 1 saturated heterocycles. The molecule has 2 heterocycles. The van der Waals surface area contributed by atoms with Gasteiger partial charge in [0.25, 0.3) is 0 Å². The maximum Gasteiger partial charge on any atom is 0.407 e. The molecule has 0 saturated carbocycles. The number of amides is 1. The Morgan fingerprint density at radius 1 is 1.46 bits per heavy atom. The van der Waals surface area contributed by atoms with Gasteiger partial charge in [-0.25, -0.2) is 14.2 Å². The summed E-state index contributed by atoms with van der Waals surface area (Å²) >= 11 is 7.22. The first-order valence-corrected chi connectivity index (χ1v) is 10.3. The summed E-state index contributed by atoms with van der Waals surface area (Å²) in [5.74, 6) is -0.323. The lowest BCUT2D eigenvalue weighted by molar-refractivity contribution is 0.0509. The molecular weight excluding hydrogens is 403 g/mol. The number of rotatable bonds is 5. The zero-order valence-electron chi connectivity index (χ0n) is 16.1. The summed E-state index contributed by atoms with van der Waals surface area (Å²) in [6, 6.07) is 4.94. The number of carbonyl (C=O) groups excluding carboxylic acids is 1. The van der Waals surface area contributed by atoms with Gasteiger partial charge >= 0.3 is 6.09 Å². The molecule has 2 aromatic rings. The summed E-state index contributed by atoms with van der Waals surface area (Å²) in [6.45, 7) is 7.22. The molecule has 0 radical (unpaired) electrons. The lowest BCUT2D eigenvalue weighted by Crippen LogP contribution is -2.40. The van der Waals surface area contributed by atoms with Crippen LogP contribution >= 0.6 is 22.9 Å². The predicted octanol–water partition coefficient (Wildman–Crippen LogP) is 4.65. The molecule has 3 rings (SSSR count). The summed E-state index contributed by atoms with van der Waals surface area (Å²) in [4.78, 5) is 19.0. The summed E-state index contributed by atoms with van der Waals surface area (Å²) in [5.41, 5.74) is 0.663. The number of hydrogen-bond acceptors (Lipinski definition) is 6. The molecule has 0 bridgehead atoms. The molecule has 1 unspecified atom stereocenters. The molecule has 2 N–H and O–H groups in total. The minimum Gasteiger partial charge on any atom is -0.444 e. The standard InChI is InChI=1S/C19H24ClFN4O2S/c1-19(2,3)27-18(26)24-12-7-8-25(11-12)15-6-4-5-14(21)16(15)22-9-13-10-23-17(20)28-13/h4-6,10,12,22H,7-9,11H2,1-3H3,(H,24,26). The van der Waals surface area contributed by atoms with E-state index in [9.17, 15) is 9.18 Å². The van der Waals surface area contributed by atoms with Gasteiger partial charge in [-0.15, -0.1) is 11.3 Å². The Morgan fingerprint density at radius 3 is 2.93 bits per heavy atom. The molecule has 1 aromatic carbocycles. The molecule has 0 spiro atoms. The van der Waals surface area contributed by atoms with Crippen LogP contribution in [0.15, 0.2) is 24.4 Å². The van der Waals surface area contributed by atoms with Crippen LogP contribution in [0.25, 0.3) is 0 Å². The van der Waals surface area contributed by atoms with Crippen LogP contribution in [0.4, 0.5) is 20.6 Å². The second-order valence-corrected chi connectivity index (χ2v) is 9.34. The Kier molecular flexibility index (Phi) is 6.30. The normalized spacial score (nSPS) is 16.9. The number of alkyl carbamates (subject to hydrolysis) is 1. The van der Waals surface area contributed by atoms with Crippen LogP contribution in [-0.4, -0.2) is 35.8 Å². The highest BCUT2D eigenvalue weighted by Crippen LogP contribution is 2.32. The Morgan fingerprint density at radius 2 is 2.25 bits per heavy atom. The smallest absolute Gasteiger partial charge is 0.407 e. The predicted molar refractivity (Wildman–Crippen MR) is 111 cm³/mol. The van der Waals surface area contributed by atoms with Crippen molar-refractivity contribution in [3.8, 4) is 0 Å². The van der Waals surface area contributed by atoms with Crippen molar-refractivity contribution < 1.29 is 13.9 Å². The van der Waals surface area contributed by atoms with Gasteiger partial charge in [-0.2, -0.15) is 0 Å². The van der Waals surface area contributed by atoms with Gasteiger partial charge < -0.3 is 20.3 Å². The molecule has 1 aliphatic rings. The molecule has 9 heteroatoms. The largest absolute Gasteiger partial charge is 0.444 e. The van der Waals surface area contributed by atoms with Crippen LogP contribution in [0.1, 0.15) is 32.1 Å². The first-order chi connectivity index (χ1) is 13.2. The van der Waals surface area contributed by atoms with E-state index in [1.807, 2.05) is 26.8 Å². The van der Waals surface area contributed by atoms with Crippen molar-refractivity contribution >= 4 is 40.4 Å². The lowest BCUT2D eigenvalue weighted by Gasteiger charge is -2.24. The number of hydrogen-bond donors (Lipinski definition) is 2. The quantitative estimate of drug-likeness (QED) is 0.728. The maximum atomic E-state index is 14.5. The van der Waals surface area contributed by atoms with Crippen molar-refractivity contribution in [1.82, 2.24) is 10.3 Å². The van der Waals surface area contributed by atoms with Gasteiger partial charge in [0.05, 0.1) is 24.0 Å². The lowest BCUT2D eigenvalue weighted by atomic mass is 10.2. The molecule has 0 aliphatic carbocycles. The third-order valence-corrected chi connectivity index (χ3v) is 5.32. The summed E-state index contributed by atoms with van der Waals surface area (Å²) in [7, 11) is 0. The number of nitrogens with one attached hydrogen (secondary N) is 2. The van der Waals surface area contributed by atoms with Crippen molar-refractivity contribution in [2.24, 2.45) is 0 Å². The van der Waals surface area contributed by atoms with Crippen LogP contribution in [0.3, 0.4) is 0 Å². The number of para-hydroxylation sites is 1. The van der Waals surface area contributed by atoms with Crippen molar-refractivity contribution in [3.63, 3.8) is 0 Å². The molecule has 1 atom stereocenters. The summed E-state index contributed by atoms with van der Waals surface area (Å²) in [5, 5.41) is 6.05. The number of carbonyl (C=O) groups is 1. The SMILES string of the molecule is CC(C)(C)OC(=O)NC1CCN(c2cccc(F)c2NCc2cnc(Cl)s2)C1. The van der Waals surface area contributed by atoms with Crippen LogP contribution in [0.2, 0.25) is 4.47 Å². The number of aromatic nitrogens is 1. The highest BCUT2D eigenvalue weighted by Gasteiger charge is 2.28. The number of thiazole rings is 1. The molecule has 28 heavy (non-hydrogen) atoms. The van der Waals surface area contributed by atoms with E-state index < -0.39 is 11.7 Å². The van der Waals surface area contributed by atoms with E-state index in [4.69, 9.17) is 16.3 Å². The highest BCUT2D eigenvalue weighted by molar-refractivity contribution is 7.15. The Balaban J connectivity index is 1.65. The van der Waals surface area contributed by atoms with Gasteiger partial charge in [-0.3, -0.25) is 0 Å². The molecule has 152 valence electrons. The van der Waals surface area contributed by atoms with Gasteiger partial charge in [0, 0.05) is 24.2 Å². The van der Waals surface area contributed by atoms with E-state index in [1.54, 1.807) is 12.3 Å². The highest BCUT2D eigenvalue weighted by atomic mass is 35.5. The second kappa shape index (κ2) is 8.53. The van der Waals surface area contributed by atoms with E-state index in [2.05, 4.69) is 20.5 Å². The number of benzene rings is 1. The molecule has 1 amide bonds. The third kappa shape index (κ3) is 5.48. The van der Waals surface area contributed by atoms with Crippen molar-refractivity contribution in [3.05, 3.63) is 39.6 Å². The van der Waals surface area contributed by atoms with Crippen LogP contribution in [0.5, 0.6) is 0 Å². The fourth-order valence-corrected chi connectivity index (χ4v) is 3.98. The second-order valence-electron chi connectivity index (χ2n) is 7.64. The van der Waals surface area contributed by atoms with Gasteiger partial charge in [-0.05, 0) is 39.3 Å². The van der Waals surface area contributed by atoms with Gasteiger partial charge in [0.2, 0.25) is 0 Å². The molecule has 1 fully saturated rings. The van der Waals surface area contributed by atoms with Crippen molar-refractivity contribution in [2.45, 2.75) is 45.4 Å². The van der Waals surface area contributed by atoms with Crippen molar-refractivity contribution in [1.29, 1.82) is 0 Å². The fraction of sp³-hybridized carbons (Fsp3) is 0.474. The van der Waals surface area contributed by atoms with Gasteiger partial charge in [0.1, 0.15) is 11.4 Å². The minimum absolute atomic E-state index is 0.0498. The number of nitrogens with zero attached hydrogens (tertiary/aromatic N) is 2. The number of anilines is 2. The van der Waals surface area contributed by atoms with E-state index in [0.29, 0.717) is 29.8 Å². The summed E-state index contributed by atoms with van der Waals surface area (Å²) in [6.07, 6.45) is 2.01. The average Bonchev–Trinajstić information content (AvgIpc) is 3.20. The maximum absolute atomic E-state index is 14.5. The Labute approximate surface area is 173 Å². The topological polar surface area (TPSA) is 66.5 Å². The fourth-order valence-electron chi connectivity index (χ4n) is 3.06. The van der Waals surface area contributed by atoms with E-state index >= 15 is 0 Å². The van der Waals surface area contributed by atoms with Crippen LogP contribution in [-0.2, 0) is 11.3 Å². The van der Waals surface area contributed by atoms with E-state index in [1.165, 1.54) is 17.4 Å². The van der Waals surface area contributed by atoms with E-state index in [0.717, 1.165) is 17.0 Å². The first kappa shape index (κ1) is 20.7. The Bertz CT molecular complexity index is 840. The van der Waals surface area contributed by atoms with E-state index in [-0.39, 0.29) is 11.9 Å². The summed E-state index contributed by atoms with van der Waals surface area (Å²) < 4.78 is 20.3. The van der Waals surface area contributed by atoms with Gasteiger partial charge in [-0.1, -0.05) is 17.7 Å². The van der Waals surface area contributed by atoms with Crippen LogP contribution < -0.4 is 15.5 Å². The minimum atomic E-state index is -0.540. The molecule has 6 nitrogen and oxygen atoms in total. The van der Waals surface area contributed by atoms with Crippen molar-refractivity contribution in [2.75, 3.05) is 23.3 Å². The number of halogens is 2. The monoisotopic (exact) mass is 426 g/mol. The molecule has 1 aromatic heterocycles. The molecular formula is C19H24ClFN4O2S.